The minimum atomic E-state index is -0.429. The fourth-order valence-electron chi connectivity index (χ4n) is 2.63. The summed E-state index contributed by atoms with van der Waals surface area (Å²) in [6, 6.07) is 8.04. The zero-order valence-electron chi connectivity index (χ0n) is 17.1. The number of carbonyl (C=O) groups is 1. The van der Waals surface area contributed by atoms with Crippen molar-refractivity contribution in [1.29, 1.82) is 0 Å². The maximum absolute atomic E-state index is 11.8. The first kappa shape index (κ1) is 22.5. The summed E-state index contributed by atoms with van der Waals surface area (Å²) in [5.74, 6) is 0.544. The van der Waals surface area contributed by atoms with Crippen molar-refractivity contribution in [2.75, 3.05) is 27.3 Å². The zero-order valence-corrected chi connectivity index (χ0v) is 18.7. The van der Waals surface area contributed by atoms with Gasteiger partial charge in [0.1, 0.15) is 5.01 Å². The number of ether oxygens (including phenoxy) is 2. The molecule has 0 atom stereocenters. The Morgan fingerprint density at radius 1 is 1.26 bits per heavy atom. The van der Waals surface area contributed by atoms with E-state index >= 15 is 0 Å². The van der Waals surface area contributed by atoms with Crippen LogP contribution in [0.4, 0.5) is 5.69 Å². The number of fused-ring (bicyclic) bond motifs is 1. The fraction of sp³-hybridized carbons (Fsp3) is 0.238. The minimum Gasteiger partial charge on any atom is -0.490 e. The van der Waals surface area contributed by atoms with Gasteiger partial charge in [0.15, 0.2) is 18.1 Å². The molecule has 0 fully saturated rings. The van der Waals surface area contributed by atoms with Crippen LogP contribution in [0.1, 0.15) is 17.5 Å². The molecule has 0 aliphatic carbocycles. The molecular weight excluding hydrogens is 442 g/mol. The van der Waals surface area contributed by atoms with Crippen LogP contribution in [0.3, 0.4) is 0 Å². The van der Waals surface area contributed by atoms with Gasteiger partial charge >= 0.3 is 0 Å². The normalized spacial score (nSPS) is 11.1. The molecule has 0 radical (unpaired) electrons. The van der Waals surface area contributed by atoms with Crippen LogP contribution in [-0.2, 0) is 4.79 Å². The van der Waals surface area contributed by atoms with E-state index in [-0.39, 0.29) is 18.2 Å². The number of nitrogens with zero attached hydrogens (tertiary/aromatic N) is 3. The lowest BCUT2D eigenvalue weighted by Gasteiger charge is -2.16. The summed E-state index contributed by atoms with van der Waals surface area (Å²) in [6.45, 7) is 2.09. The molecule has 2 aromatic carbocycles. The number of rotatable bonds is 8. The van der Waals surface area contributed by atoms with Crippen LogP contribution in [0.25, 0.3) is 22.4 Å². The molecule has 0 spiro atoms. The van der Waals surface area contributed by atoms with E-state index in [1.54, 1.807) is 38.4 Å². The van der Waals surface area contributed by atoms with Gasteiger partial charge in [-0.2, -0.15) is 0 Å². The smallest absolute Gasteiger partial charge is 0.270 e. The van der Waals surface area contributed by atoms with Gasteiger partial charge in [0.25, 0.3) is 11.6 Å². The molecule has 3 aromatic rings. The number of nitro benzene ring substituents is 1. The number of hydrogen-bond donors (Lipinski definition) is 0. The number of likely N-dealkylation sites (N-methyl/N-ethyl adjacent to an activating group) is 1. The third-order valence-corrected chi connectivity index (χ3v) is 5.45. The number of carbonyl (C=O) groups excluding carboxylic acids is 1. The third kappa shape index (κ3) is 5.50. The summed E-state index contributed by atoms with van der Waals surface area (Å²) in [7, 11) is 3.29. The van der Waals surface area contributed by atoms with Gasteiger partial charge in [-0.15, -0.1) is 11.3 Å². The van der Waals surface area contributed by atoms with Crippen molar-refractivity contribution in [2.45, 2.75) is 6.92 Å². The third-order valence-electron chi connectivity index (χ3n) is 4.19. The molecule has 1 amide bonds. The van der Waals surface area contributed by atoms with Gasteiger partial charge < -0.3 is 14.4 Å². The second kappa shape index (κ2) is 9.76. The van der Waals surface area contributed by atoms with Crippen LogP contribution in [-0.4, -0.2) is 48.0 Å². The zero-order chi connectivity index (χ0) is 22.5. The molecule has 0 N–H and O–H groups in total. The van der Waals surface area contributed by atoms with Crippen LogP contribution in [0, 0.1) is 10.1 Å². The first-order valence-corrected chi connectivity index (χ1v) is 10.5. The van der Waals surface area contributed by atoms with Crippen LogP contribution >= 0.6 is 22.9 Å². The lowest BCUT2D eigenvalue weighted by molar-refractivity contribution is -0.384. The molecule has 0 saturated heterocycles. The Labute approximate surface area is 187 Å². The SMILES string of the molecule is CCOc1cc(C=Cc2nc3ccc([N+](=O)[O-])cc3s2)cc(Cl)c1OCC(=O)N(C)C. The van der Waals surface area contributed by atoms with Crippen LogP contribution < -0.4 is 9.47 Å². The predicted octanol–water partition coefficient (Wildman–Crippen LogP) is 4.89. The summed E-state index contributed by atoms with van der Waals surface area (Å²) >= 11 is 7.74. The highest BCUT2D eigenvalue weighted by atomic mass is 35.5. The highest BCUT2D eigenvalue weighted by molar-refractivity contribution is 7.19. The second-order valence-electron chi connectivity index (χ2n) is 6.63. The molecule has 0 unspecified atom stereocenters. The lowest BCUT2D eigenvalue weighted by Crippen LogP contribution is -2.27. The van der Waals surface area contributed by atoms with E-state index in [9.17, 15) is 14.9 Å². The standard InChI is InChI=1S/C21H20ClN3O5S/c1-4-29-17-10-13(9-15(22)21(17)30-12-20(26)24(2)3)5-8-19-23-16-7-6-14(25(27)28)11-18(16)31-19/h5-11H,4,12H2,1-3H3. The molecule has 162 valence electrons. The number of thiazole rings is 1. The van der Waals surface area contributed by atoms with Crippen molar-refractivity contribution >= 4 is 56.9 Å². The van der Waals surface area contributed by atoms with Crippen molar-refractivity contribution in [1.82, 2.24) is 9.88 Å². The molecule has 0 aliphatic rings. The second-order valence-corrected chi connectivity index (χ2v) is 8.10. The molecule has 10 heteroatoms. The molecule has 3 rings (SSSR count). The molecule has 1 heterocycles. The number of non-ortho nitro benzene ring substituents is 1. The van der Waals surface area contributed by atoms with Crippen molar-refractivity contribution in [3.8, 4) is 11.5 Å². The number of hydrogen-bond acceptors (Lipinski definition) is 7. The first-order chi connectivity index (χ1) is 14.8. The largest absolute Gasteiger partial charge is 0.490 e. The average Bonchev–Trinajstić information content (AvgIpc) is 3.13. The van der Waals surface area contributed by atoms with Gasteiger partial charge in [0.05, 0.1) is 26.8 Å². The average molecular weight is 462 g/mol. The topological polar surface area (TPSA) is 94.8 Å². The van der Waals surface area contributed by atoms with Crippen molar-refractivity contribution in [3.05, 3.63) is 56.0 Å². The monoisotopic (exact) mass is 461 g/mol. The number of aromatic nitrogens is 1. The summed E-state index contributed by atoms with van der Waals surface area (Å²) in [4.78, 5) is 28.2. The molecular formula is C21H20ClN3O5S. The highest BCUT2D eigenvalue weighted by Gasteiger charge is 2.15. The Balaban J connectivity index is 1.85. The van der Waals surface area contributed by atoms with E-state index in [0.717, 1.165) is 10.3 Å². The summed E-state index contributed by atoms with van der Waals surface area (Å²) in [6.07, 6.45) is 3.61. The van der Waals surface area contributed by atoms with Gasteiger partial charge in [-0.3, -0.25) is 14.9 Å². The van der Waals surface area contributed by atoms with Crippen molar-refractivity contribution in [2.24, 2.45) is 0 Å². The summed E-state index contributed by atoms with van der Waals surface area (Å²) in [5, 5.41) is 12.0. The maximum Gasteiger partial charge on any atom is 0.270 e. The van der Waals surface area contributed by atoms with Gasteiger partial charge in [-0.05, 0) is 36.8 Å². The van der Waals surface area contributed by atoms with E-state index in [1.165, 1.54) is 28.4 Å². The van der Waals surface area contributed by atoms with Gasteiger partial charge in [-0.1, -0.05) is 17.7 Å². The molecule has 1 aromatic heterocycles. The van der Waals surface area contributed by atoms with Gasteiger partial charge in [-0.25, -0.2) is 4.98 Å². The van der Waals surface area contributed by atoms with E-state index < -0.39 is 4.92 Å². The van der Waals surface area contributed by atoms with Gasteiger partial charge in [0, 0.05) is 26.2 Å². The highest BCUT2D eigenvalue weighted by Crippen LogP contribution is 2.37. The van der Waals surface area contributed by atoms with Crippen molar-refractivity contribution in [3.63, 3.8) is 0 Å². The summed E-state index contributed by atoms with van der Waals surface area (Å²) in [5.41, 5.74) is 1.48. The maximum atomic E-state index is 11.8. The van der Waals surface area contributed by atoms with Crippen LogP contribution in [0.5, 0.6) is 11.5 Å². The molecule has 31 heavy (non-hydrogen) atoms. The lowest BCUT2D eigenvalue weighted by atomic mass is 10.2. The molecule has 0 aliphatic heterocycles. The fourth-order valence-corrected chi connectivity index (χ4v) is 3.81. The summed E-state index contributed by atoms with van der Waals surface area (Å²) < 4.78 is 12.0. The Kier molecular flexibility index (Phi) is 7.09. The molecule has 0 saturated carbocycles. The van der Waals surface area contributed by atoms with Crippen LogP contribution in [0.15, 0.2) is 30.3 Å². The Hall–Kier alpha value is -3.17. The minimum absolute atomic E-state index is 0.0307. The quantitative estimate of drug-likeness (QED) is 0.350. The van der Waals surface area contributed by atoms with Crippen LogP contribution in [0.2, 0.25) is 5.02 Å². The number of halogens is 1. The number of benzene rings is 2. The van der Waals surface area contributed by atoms with E-state index in [1.807, 2.05) is 13.0 Å². The number of amides is 1. The Morgan fingerprint density at radius 2 is 2.03 bits per heavy atom. The predicted molar refractivity (Wildman–Crippen MR) is 122 cm³/mol. The van der Waals surface area contributed by atoms with Crippen molar-refractivity contribution < 1.29 is 19.2 Å². The molecule has 8 nitrogen and oxygen atoms in total. The molecule has 0 bridgehead atoms. The van der Waals surface area contributed by atoms with E-state index in [4.69, 9.17) is 21.1 Å². The van der Waals surface area contributed by atoms with Gasteiger partial charge in [0.2, 0.25) is 0 Å². The Morgan fingerprint density at radius 3 is 2.71 bits per heavy atom. The number of nitro groups is 1. The van der Waals surface area contributed by atoms with E-state index in [2.05, 4.69) is 4.98 Å². The first-order valence-electron chi connectivity index (χ1n) is 9.31. The van der Waals surface area contributed by atoms with E-state index in [0.29, 0.717) is 33.7 Å². The Bertz CT molecular complexity index is 1160.